The maximum atomic E-state index is 14.1. The molecule has 0 amide bonds. The molecule has 0 atom stereocenters. The molecule has 24 heavy (non-hydrogen) atoms. The van der Waals surface area contributed by atoms with E-state index in [0.29, 0.717) is 10.9 Å². The van der Waals surface area contributed by atoms with Gasteiger partial charge in [-0.1, -0.05) is 11.6 Å². The number of benzene rings is 1. The van der Waals surface area contributed by atoms with Gasteiger partial charge in [0.25, 0.3) is 5.56 Å². The summed E-state index contributed by atoms with van der Waals surface area (Å²) in [4.78, 5) is 12.2. The van der Waals surface area contributed by atoms with E-state index >= 15 is 0 Å². The van der Waals surface area contributed by atoms with Gasteiger partial charge in [0.2, 0.25) is 0 Å². The van der Waals surface area contributed by atoms with Crippen LogP contribution in [-0.2, 0) is 6.18 Å². The van der Waals surface area contributed by atoms with Crippen molar-refractivity contribution in [3.63, 3.8) is 0 Å². The molecule has 0 aliphatic rings. The van der Waals surface area contributed by atoms with Crippen LogP contribution in [0.5, 0.6) is 5.75 Å². The molecule has 0 fully saturated rings. The van der Waals surface area contributed by atoms with E-state index in [-0.39, 0.29) is 22.6 Å². The van der Waals surface area contributed by atoms with Gasteiger partial charge in [-0.2, -0.15) is 23.0 Å². The van der Waals surface area contributed by atoms with Crippen LogP contribution in [0.2, 0.25) is 5.02 Å². The van der Waals surface area contributed by atoms with Crippen LogP contribution in [0.4, 0.5) is 17.6 Å². The van der Waals surface area contributed by atoms with E-state index in [1.165, 1.54) is 0 Å². The minimum absolute atomic E-state index is 0.0263. The van der Waals surface area contributed by atoms with Gasteiger partial charge in [0.05, 0.1) is 22.9 Å². The predicted octanol–water partition coefficient (Wildman–Crippen LogP) is 4.14. The lowest BCUT2D eigenvalue weighted by molar-refractivity contribution is -0.138. The average Bonchev–Trinajstić information content (AvgIpc) is 2.43. The Kier molecular flexibility index (Phi) is 4.89. The van der Waals surface area contributed by atoms with E-state index in [1.807, 2.05) is 0 Å². The fourth-order valence-electron chi connectivity index (χ4n) is 2.02. The van der Waals surface area contributed by atoms with Crippen LogP contribution < -0.4 is 10.3 Å². The lowest BCUT2D eigenvalue weighted by Gasteiger charge is -2.15. The van der Waals surface area contributed by atoms with Crippen molar-refractivity contribution in [1.29, 1.82) is 0 Å². The molecule has 1 aromatic carbocycles. The molecular formula is C15H13ClF4N2O2. The van der Waals surface area contributed by atoms with E-state index in [1.54, 1.807) is 13.8 Å². The fraction of sp³-hybridized carbons (Fsp3) is 0.333. The van der Waals surface area contributed by atoms with Crippen molar-refractivity contribution in [3.05, 3.63) is 50.7 Å². The third kappa shape index (κ3) is 3.53. The van der Waals surface area contributed by atoms with Crippen molar-refractivity contribution < 1.29 is 22.3 Å². The van der Waals surface area contributed by atoms with Gasteiger partial charge in [-0.25, -0.2) is 4.39 Å². The molecule has 0 aliphatic carbocycles. The molecule has 0 saturated heterocycles. The van der Waals surface area contributed by atoms with Crippen molar-refractivity contribution >= 4 is 11.6 Å². The zero-order valence-corrected chi connectivity index (χ0v) is 13.7. The van der Waals surface area contributed by atoms with Gasteiger partial charge in [-0.15, -0.1) is 0 Å². The first kappa shape index (κ1) is 18.3. The Morgan fingerprint density at radius 1 is 1.29 bits per heavy atom. The summed E-state index contributed by atoms with van der Waals surface area (Å²) in [5.41, 5.74) is -3.19. The molecule has 9 heteroatoms. The number of halogens is 5. The maximum absolute atomic E-state index is 14.1. The molecule has 1 heterocycles. The Labute approximate surface area is 139 Å². The molecule has 0 bridgehead atoms. The van der Waals surface area contributed by atoms with Gasteiger partial charge in [0, 0.05) is 11.6 Å². The minimum Gasteiger partial charge on any atom is -0.489 e. The van der Waals surface area contributed by atoms with Crippen molar-refractivity contribution in [1.82, 2.24) is 9.78 Å². The van der Waals surface area contributed by atoms with Gasteiger partial charge in [0.15, 0.2) is 5.82 Å². The monoisotopic (exact) mass is 364 g/mol. The summed E-state index contributed by atoms with van der Waals surface area (Å²) in [6, 6.07) is 2.04. The van der Waals surface area contributed by atoms with Gasteiger partial charge in [0.1, 0.15) is 11.4 Å². The number of ether oxygens (including phenoxy) is 1. The van der Waals surface area contributed by atoms with Gasteiger partial charge in [-0.3, -0.25) is 4.79 Å². The second kappa shape index (κ2) is 6.43. The molecule has 0 radical (unpaired) electrons. The Balaban J connectivity index is 2.65. The predicted molar refractivity (Wildman–Crippen MR) is 80.3 cm³/mol. The number of hydrogen-bond acceptors (Lipinski definition) is 3. The van der Waals surface area contributed by atoms with Gasteiger partial charge < -0.3 is 4.74 Å². The molecule has 1 aromatic heterocycles. The molecule has 0 saturated carbocycles. The maximum Gasteiger partial charge on any atom is 0.418 e. The van der Waals surface area contributed by atoms with E-state index < -0.39 is 28.7 Å². The van der Waals surface area contributed by atoms with Crippen LogP contribution >= 0.6 is 11.6 Å². The second-order valence-corrected chi connectivity index (χ2v) is 5.71. The van der Waals surface area contributed by atoms with Crippen molar-refractivity contribution in [2.45, 2.75) is 33.1 Å². The molecule has 130 valence electrons. The highest BCUT2D eigenvalue weighted by molar-refractivity contribution is 6.32. The zero-order valence-electron chi connectivity index (χ0n) is 12.9. The lowest BCUT2D eigenvalue weighted by Crippen LogP contribution is -2.28. The molecule has 4 nitrogen and oxygen atoms in total. The molecular weight excluding hydrogens is 352 g/mol. The first-order valence-corrected chi connectivity index (χ1v) is 7.22. The summed E-state index contributed by atoms with van der Waals surface area (Å²) in [5, 5.41) is 3.41. The van der Waals surface area contributed by atoms with E-state index in [9.17, 15) is 22.4 Å². The Bertz CT molecular complexity index is 831. The average molecular weight is 365 g/mol. The molecule has 0 spiro atoms. The zero-order chi connectivity index (χ0) is 18.2. The standard InChI is InChI=1S/C15H13ClF4N2O2/c1-7(2)24-13-5-12(11(17)4-10(13)16)22-14(23)8(3)9(6-21-22)15(18,19)20/h4-7H,1-3H3. The number of alkyl halides is 3. The number of hydrogen-bond donors (Lipinski definition) is 0. The first-order chi connectivity index (χ1) is 11.0. The molecule has 2 rings (SSSR count). The third-order valence-electron chi connectivity index (χ3n) is 3.12. The van der Waals surface area contributed by atoms with Gasteiger partial charge >= 0.3 is 6.18 Å². The minimum atomic E-state index is -4.72. The highest BCUT2D eigenvalue weighted by Gasteiger charge is 2.34. The third-order valence-corrected chi connectivity index (χ3v) is 3.41. The van der Waals surface area contributed by atoms with E-state index in [4.69, 9.17) is 16.3 Å². The van der Waals surface area contributed by atoms with Crippen LogP contribution in [-0.4, -0.2) is 15.9 Å². The number of aromatic nitrogens is 2. The molecule has 0 unspecified atom stereocenters. The van der Waals surface area contributed by atoms with Crippen molar-refractivity contribution in [2.24, 2.45) is 0 Å². The topological polar surface area (TPSA) is 44.1 Å². The van der Waals surface area contributed by atoms with Crippen LogP contribution in [0, 0.1) is 12.7 Å². The van der Waals surface area contributed by atoms with Crippen molar-refractivity contribution in [2.75, 3.05) is 0 Å². The molecule has 0 N–H and O–H groups in total. The summed E-state index contributed by atoms with van der Waals surface area (Å²) < 4.78 is 58.5. The number of nitrogens with zero attached hydrogens (tertiary/aromatic N) is 2. The number of rotatable bonds is 3. The summed E-state index contributed by atoms with van der Waals surface area (Å²) in [5.74, 6) is -0.820. The Hall–Kier alpha value is -2.09. The van der Waals surface area contributed by atoms with Gasteiger partial charge in [-0.05, 0) is 26.8 Å². The highest BCUT2D eigenvalue weighted by atomic mass is 35.5. The SMILES string of the molecule is Cc1c(C(F)(F)F)cnn(-c2cc(OC(C)C)c(Cl)cc2F)c1=O. The fourth-order valence-corrected chi connectivity index (χ4v) is 2.22. The molecule has 0 aliphatic heterocycles. The summed E-state index contributed by atoms with van der Waals surface area (Å²) in [6.07, 6.45) is -4.52. The summed E-state index contributed by atoms with van der Waals surface area (Å²) >= 11 is 5.87. The van der Waals surface area contributed by atoms with Crippen LogP contribution in [0.25, 0.3) is 5.69 Å². The quantitative estimate of drug-likeness (QED) is 0.769. The normalized spacial score (nSPS) is 11.9. The summed E-state index contributed by atoms with van der Waals surface area (Å²) in [6.45, 7) is 4.43. The lowest BCUT2D eigenvalue weighted by atomic mass is 10.2. The second-order valence-electron chi connectivity index (χ2n) is 5.30. The molecule has 2 aromatic rings. The largest absolute Gasteiger partial charge is 0.489 e. The first-order valence-electron chi connectivity index (χ1n) is 6.84. The summed E-state index contributed by atoms with van der Waals surface area (Å²) in [7, 11) is 0. The highest BCUT2D eigenvalue weighted by Crippen LogP contribution is 2.32. The van der Waals surface area contributed by atoms with Crippen molar-refractivity contribution in [3.8, 4) is 11.4 Å². The Morgan fingerprint density at radius 2 is 1.92 bits per heavy atom. The van der Waals surface area contributed by atoms with Crippen LogP contribution in [0.15, 0.2) is 23.1 Å². The van der Waals surface area contributed by atoms with Crippen LogP contribution in [0.1, 0.15) is 25.0 Å². The van der Waals surface area contributed by atoms with E-state index in [0.717, 1.165) is 19.1 Å². The Morgan fingerprint density at radius 3 is 2.46 bits per heavy atom. The van der Waals surface area contributed by atoms with E-state index in [2.05, 4.69) is 5.10 Å². The van der Waals surface area contributed by atoms with Crippen LogP contribution in [0.3, 0.4) is 0 Å². The smallest absolute Gasteiger partial charge is 0.418 e.